The minimum atomic E-state index is 0.919. The molecule has 0 atom stereocenters. The molecule has 0 amide bonds. The summed E-state index contributed by atoms with van der Waals surface area (Å²) in [5, 5.41) is 0. The second-order valence-corrected chi connectivity index (χ2v) is 6.31. The van der Waals surface area contributed by atoms with E-state index in [1.165, 1.54) is 22.3 Å². The van der Waals surface area contributed by atoms with Crippen molar-refractivity contribution < 1.29 is 0 Å². The Labute approximate surface area is 155 Å². The molecule has 2 heterocycles. The molecule has 26 heavy (non-hydrogen) atoms. The molecule has 0 aliphatic carbocycles. The Hall–Kier alpha value is -3.00. The summed E-state index contributed by atoms with van der Waals surface area (Å²) in [5.41, 5.74) is 9.54. The zero-order valence-corrected chi connectivity index (χ0v) is 15.2. The molecule has 0 fully saturated rings. The van der Waals surface area contributed by atoms with Crippen LogP contribution in [0.3, 0.4) is 0 Å². The van der Waals surface area contributed by atoms with Crippen LogP contribution in [-0.2, 0) is 12.8 Å². The van der Waals surface area contributed by atoms with Gasteiger partial charge in [-0.2, -0.15) is 0 Å². The highest BCUT2D eigenvalue weighted by atomic mass is 14.8. The summed E-state index contributed by atoms with van der Waals surface area (Å²) in [6.45, 7) is 4.00. The second-order valence-electron chi connectivity index (χ2n) is 6.31. The van der Waals surface area contributed by atoms with Crippen molar-refractivity contribution in [3.8, 4) is 0 Å². The van der Waals surface area contributed by atoms with Crippen molar-refractivity contribution in [2.24, 2.45) is 9.98 Å². The summed E-state index contributed by atoms with van der Waals surface area (Å²) in [6.07, 6.45) is 1.84. The SMILES string of the molecule is CC.c1ccc2c(c1)CC(c1ccc(C3=Nc4ccccc4C3)cc1)=N2. The molecule has 0 spiro atoms. The van der Waals surface area contributed by atoms with Crippen molar-refractivity contribution in [2.75, 3.05) is 0 Å². The normalized spacial score (nSPS) is 13.9. The molecule has 5 rings (SSSR count). The van der Waals surface area contributed by atoms with E-state index in [2.05, 4.69) is 60.7 Å². The van der Waals surface area contributed by atoms with Gasteiger partial charge in [0.2, 0.25) is 0 Å². The molecule has 2 nitrogen and oxygen atoms in total. The third kappa shape index (κ3) is 2.99. The van der Waals surface area contributed by atoms with Gasteiger partial charge < -0.3 is 0 Å². The maximum Gasteiger partial charge on any atom is 0.0669 e. The van der Waals surface area contributed by atoms with Crippen LogP contribution < -0.4 is 0 Å². The van der Waals surface area contributed by atoms with Gasteiger partial charge in [0, 0.05) is 12.8 Å². The predicted molar refractivity (Wildman–Crippen MR) is 110 cm³/mol. The highest BCUT2D eigenvalue weighted by molar-refractivity contribution is 6.09. The van der Waals surface area contributed by atoms with Crippen LogP contribution in [0.25, 0.3) is 0 Å². The van der Waals surface area contributed by atoms with E-state index in [1.54, 1.807) is 0 Å². The zero-order chi connectivity index (χ0) is 17.9. The average molecular weight is 338 g/mol. The summed E-state index contributed by atoms with van der Waals surface area (Å²) in [5.74, 6) is 0. The van der Waals surface area contributed by atoms with Crippen molar-refractivity contribution in [1.29, 1.82) is 0 Å². The Balaban J connectivity index is 0.000000814. The summed E-state index contributed by atoms with van der Waals surface area (Å²) in [6, 6.07) is 25.4. The topological polar surface area (TPSA) is 24.7 Å². The first-order chi connectivity index (χ1) is 12.9. The molecule has 3 aromatic rings. The molecule has 2 heteroatoms. The van der Waals surface area contributed by atoms with Crippen molar-refractivity contribution in [3.05, 3.63) is 95.1 Å². The van der Waals surface area contributed by atoms with Gasteiger partial charge in [0.05, 0.1) is 22.8 Å². The van der Waals surface area contributed by atoms with Crippen LogP contribution in [0, 0.1) is 0 Å². The van der Waals surface area contributed by atoms with Gasteiger partial charge in [-0.1, -0.05) is 74.5 Å². The van der Waals surface area contributed by atoms with Crippen LogP contribution in [0.1, 0.15) is 36.1 Å². The first-order valence-electron chi connectivity index (χ1n) is 9.28. The molecule has 0 saturated carbocycles. The van der Waals surface area contributed by atoms with E-state index in [9.17, 15) is 0 Å². The molecular formula is C24H22N2. The Morgan fingerprint density at radius 2 is 0.923 bits per heavy atom. The maximum absolute atomic E-state index is 4.77. The number of nitrogens with zero attached hydrogens (tertiary/aromatic N) is 2. The van der Waals surface area contributed by atoms with Crippen LogP contribution in [0.4, 0.5) is 11.4 Å². The van der Waals surface area contributed by atoms with Crippen LogP contribution in [0.2, 0.25) is 0 Å². The van der Waals surface area contributed by atoms with E-state index in [-0.39, 0.29) is 0 Å². The Kier molecular flexibility index (Phi) is 4.49. The third-order valence-electron chi connectivity index (χ3n) is 4.76. The second kappa shape index (κ2) is 7.09. The fourth-order valence-corrected chi connectivity index (χ4v) is 3.46. The molecule has 0 aromatic heterocycles. The van der Waals surface area contributed by atoms with Crippen molar-refractivity contribution in [3.63, 3.8) is 0 Å². The van der Waals surface area contributed by atoms with Crippen LogP contribution in [0.5, 0.6) is 0 Å². The van der Waals surface area contributed by atoms with E-state index >= 15 is 0 Å². The lowest BCUT2D eigenvalue weighted by Crippen LogP contribution is -2.03. The molecule has 0 unspecified atom stereocenters. The van der Waals surface area contributed by atoms with Gasteiger partial charge >= 0.3 is 0 Å². The molecule has 0 saturated heterocycles. The molecule has 0 N–H and O–H groups in total. The molecule has 2 aliphatic heterocycles. The van der Waals surface area contributed by atoms with Crippen molar-refractivity contribution in [1.82, 2.24) is 0 Å². The fourth-order valence-electron chi connectivity index (χ4n) is 3.46. The maximum atomic E-state index is 4.77. The minimum Gasteiger partial charge on any atom is -0.252 e. The quantitative estimate of drug-likeness (QED) is 0.542. The summed E-state index contributed by atoms with van der Waals surface area (Å²) in [4.78, 5) is 9.54. The lowest BCUT2D eigenvalue weighted by molar-refractivity contribution is 1.38. The summed E-state index contributed by atoms with van der Waals surface area (Å²) >= 11 is 0. The predicted octanol–water partition coefficient (Wildman–Crippen LogP) is 6.07. The van der Waals surface area contributed by atoms with Crippen molar-refractivity contribution in [2.45, 2.75) is 26.7 Å². The van der Waals surface area contributed by atoms with E-state index in [1.807, 2.05) is 26.0 Å². The Morgan fingerprint density at radius 1 is 0.538 bits per heavy atom. The largest absolute Gasteiger partial charge is 0.252 e. The lowest BCUT2D eigenvalue weighted by atomic mass is 10.00. The van der Waals surface area contributed by atoms with Gasteiger partial charge in [-0.05, 0) is 34.4 Å². The number of rotatable bonds is 2. The monoisotopic (exact) mass is 338 g/mol. The molecule has 3 aromatic carbocycles. The number of hydrogen-bond donors (Lipinski definition) is 0. The Bertz CT molecular complexity index is 912. The first-order valence-corrected chi connectivity index (χ1v) is 9.28. The van der Waals surface area contributed by atoms with Crippen LogP contribution in [-0.4, -0.2) is 11.4 Å². The van der Waals surface area contributed by atoms with E-state index in [0.29, 0.717) is 0 Å². The minimum absolute atomic E-state index is 0.919. The van der Waals surface area contributed by atoms with E-state index < -0.39 is 0 Å². The lowest BCUT2D eigenvalue weighted by Gasteiger charge is -2.04. The van der Waals surface area contributed by atoms with E-state index in [0.717, 1.165) is 35.6 Å². The van der Waals surface area contributed by atoms with Gasteiger partial charge in [-0.15, -0.1) is 0 Å². The van der Waals surface area contributed by atoms with Crippen LogP contribution in [0.15, 0.2) is 82.8 Å². The highest BCUT2D eigenvalue weighted by Gasteiger charge is 2.17. The fraction of sp³-hybridized carbons (Fsp3) is 0.167. The van der Waals surface area contributed by atoms with Gasteiger partial charge in [0.25, 0.3) is 0 Å². The van der Waals surface area contributed by atoms with Gasteiger partial charge in [-0.25, -0.2) is 0 Å². The van der Waals surface area contributed by atoms with Gasteiger partial charge in [0.15, 0.2) is 0 Å². The summed E-state index contributed by atoms with van der Waals surface area (Å²) < 4.78 is 0. The Morgan fingerprint density at radius 3 is 1.31 bits per heavy atom. The molecule has 2 aliphatic rings. The number of fused-ring (bicyclic) bond motifs is 2. The number of benzene rings is 3. The average Bonchev–Trinajstić information content (AvgIpc) is 3.34. The van der Waals surface area contributed by atoms with Gasteiger partial charge in [-0.3, -0.25) is 9.98 Å². The zero-order valence-electron chi connectivity index (χ0n) is 15.2. The molecule has 128 valence electrons. The van der Waals surface area contributed by atoms with Crippen LogP contribution >= 0.6 is 0 Å². The number of aliphatic imine (C=N–C) groups is 2. The summed E-state index contributed by atoms with van der Waals surface area (Å²) in [7, 11) is 0. The highest BCUT2D eigenvalue weighted by Crippen LogP contribution is 2.30. The smallest absolute Gasteiger partial charge is 0.0669 e. The van der Waals surface area contributed by atoms with Gasteiger partial charge in [0.1, 0.15) is 0 Å². The molecular weight excluding hydrogens is 316 g/mol. The third-order valence-corrected chi connectivity index (χ3v) is 4.76. The molecule has 0 radical (unpaired) electrons. The number of hydrogen-bond acceptors (Lipinski definition) is 2. The van der Waals surface area contributed by atoms with E-state index in [4.69, 9.17) is 9.98 Å². The molecule has 0 bridgehead atoms. The standard InChI is InChI=1S/C22H16N2.C2H6/c1-3-7-19-17(5-1)13-21(23-19)15-9-11-16(12-10-15)22-14-18-6-2-4-8-20(18)24-22;1-2/h1-12H,13-14H2;1-2H3. The van der Waals surface area contributed by atoms with Crippen molar-refractivity contribution >= 4 is 22.8 Å². The number of para-hydroxylation sites is 2. The first kappa shape index (κ1) is 16.5.